The van der Waals surface area contributed by atoms with Crippen LogP contribution in [0.3, 0.4) is 0 Å². The Bertz CT molecular complexity index is 798. The summed E-state index contributed by atoms with van der Waals surface area (Å²) in [6, 6.07) is 8.25. The Kier molecular flexibility index (Phi) is 5.53. The topological polar surface area (TPSA) is 71.8 Å². The van der Waals surface area contributed by atoms with Gasteiger partial charge in [-0.2, -0.15) is 0 Å². The highest BCUT2D eigenvalue weighted by atomic mass is 32.2. The highest BCUT2D eigenvalue weighted by molar-refractivity contribution is 7.89. The minimum absolute atomic E-state index is 0.0326. The molecule has 0 amide bonds. The number of halogens is 1. The lowest BCUT2D eigenvalue weighted by atomic mass is 10.2. The van der Waals surface area contributed by atoms with Crippen LogP contribution in [0.5, 0.6) is 0 Å². The van der Waals surface area contributed by atoms with Crippen LogP contribution in [-0.2, 0) is 14.8 Å². The van der Waals surface area contributed by atoms with Crippen LogP contribution >= 0.6 is 0 Å². The number of aryl methyl sites for hydroxylation is 1. The van der Waals surface area contributed by atoms with Gasteiger partial charge < -0.3 is 9.15 Å². The second-order valence-electron chi connectivity index (χ2n) is 5.92. The van der Waals surface area contributed by atoms with Crippen molar-refractivity contribution in [2.45, 2.75) is 17.9 Å². The number of morpholine rings is 1. The molecule has 1 fully saturated rings. The smallest absolute Gasteiger partial charge is 0.240 e. The zero-order valence-electron chi connectivity index (χ0n) is 13.9. The highest BCUT2D eigenvalue weighted by Gasteiger charge is 2.27. The Morgan fingerprint density at radius 2 is 1.84 bits per heavy atom. The Morgan fingerprint density at radius 3 is 2.44 bits per heavy atom. The van der Waals surface area contributed by atoms with E-state index in [1.165, 1.54) is 12.1 Å². The lowest BCUT2D eigenvalue weighted by Crippen LogP contribution is -2.43. The number of furan rings is 1. The molecule has 0 radical (unpaired) electrons. The van der Waals surface area contributed by atoms with Crippen LogP contribution in [0.15, 0.2) is 45.7 Å². The first-order chi connectivity index (χ1) is 12.0. The van der Waals surface area contributed by atoms with Gasteiger partial charge in [0.2, 0.25) is 10.0 Å². The molecular weight excluding hydrogens is 347 g/mol. The molecule has 0 spiro atoms. The molecular formula is C17H21FN2O4S. The number of rotatable bonds is 6. The summed E-state index contributed by atoms with van der Waals surface area (Å²) in [5, 5.41) is 0. The first-order valence-corrected chi connectivity index (χ1v) is 9.57. The van der Waals surface area contributed by atoms with E-state index < -0.39 is 15.8 Å². The van der Waals surface area contributed by atoms with E-state index in [1.807, 2.05) is 19.1 Å². The maximum Gasteiger partial charge on any atom is 0.240 e. The molecule has 0 saturated carbocycles. The van der Waals surface area contributed by atoms with Crippen LogP contribution < -0.4 is 4.72 Å². The van der Waals surface area contributed by atoms with Crippen molar-refractivity contribution in [1.82, 2.24) is 9.62 Å². The number of hydrogen-bond donors (Lipinski definition) is 1. The fourth-order valence-corrected chi connectivity index (χ4v) is 3.86. The summed E-state index contributed by atoms with van der Waals surface area (Å²) in [7, 11) is -3.73. The van der Waals surface area contributed by atoms with Crippen molar-refractivity contribution < 1.29 is 22.0 Å². The first-order valence-electron chi connectivity index (χ1n) is 8.09. The summed E-state index contributed by atoms with van der Waals surface area (Å²) in [6.45, 7) is 4.60. The quantitative estimate of drug-likeness (QED) is 0.845. The van der Waals surface area contributed by atoms with Crippen molar-refractivity contribution >= 4 is 10.0 Å². The second-order valence-corrected chi connectivity index (χ2v) is 7.69. The minimum atomic E-state index is -3.73. The van der Waals surface area contributed by atoms with Crippen LogP contribution in [0.1, 0.15) is 17.6 Å². The summed E-state index contributed by atoms with van der Waals surface area (Å²) in [6.07, 6.45) is 0. The predicted molar refractivity (Wildman–Crippen MR) is 90.2 cm³/mol. The molecule has 1 aromatic heterocycles. The average Bonchev–Trinajstić information content (AvgIpc) is 3.02. The third kappa shape index (κ3) is 4.46. The molecule has 3 rings (SSSR count). The summed E-state index contributed by atoms with van der Waals surface area (Å²) in [5.74, 6) is 1.01. The first kappa shape index (κ1) is 18.1. The van der Waals surface area contributed by atoms with E-state index >= 15 is 0 Å². The van der Waals surface area contributed by atoms with Gasteiger partial charge in [0.05, 0.1) is 24.2 Å². The van der Waals surface area contributed by atoms with E-state index in [1.54, 1.807) is 0 Å². The van der Waals surface area contributed by atoms with Crippen LogP contribution in [0.2, 0.25) is 0 Å². The standard InChI is InChI=1S/C17H21FN2O4S/c1-13-2-7-17(24-13)16(20-8-10-23-11-9-20)12-19-25(21,22)15-5-3-14(18)4-6-15/h2-7,16,19H,8-12H2,1H3. The third-order valence-corrected chi connectivity index (χ3v) is 5.61. The van der Waals surface area contributed by atoms with Gasteiger partial charge >= 0.3 is 0 Å². The molecule has 1 atom stereocenters. The van der Waals surface area contributed by atoms with Crippen LogP contribution in [0, 0.1) is 12.7 Å². The molecule has 1 unspecified atom stereocenters. The average molecular weight is 368 g/mol. The van der Waals surface area contributed by atoms with Crippen molar-refractivity contribution in [3.8, 4) is 0 Å². The molecule has 25 heavy (non-hydrogen) atoms. The lowest BCUT2D eigenvalue weighted by Gasteiger charge is -2.33. The monoisotopic (exact) mass is 368 g/mol. The molecule has 2 aromatic rings. The molecule has 1 aliphatic rings. The number of sulfonamides is 1. The van der Waals surface area contributed by atoms with Gasteiger partial charge in [-0.3, -0.25) is 4.90 Å². The van der Waals surface area contributed by atoms with Crippen LogP contribution in [0.25, 0.3) is 0 Å². The Balaban J connectivity index is 1.76. The minimum Gasteiger partial charge on any atom is -0.465 e. The van der Waals surface area contributed by atoms with Gasteiger partial charge in [0.25, 0.3) is 0 Å². The summed E-state index contributed by atoms with van der Waals surface area (Å²) in [5.41, 5.74) is 0. The number of benzene rings is 1. The highest BCUT2D eigenvalue weighted by Crippen LogP contribution is 2.24. The van der Waals surface area contributed by atoms with E-state index in [4.69, 9.17) is 9.15 Å². The molecule has 1 N–H and O–H groups in total. The van der Waals surface area contributed by atoms with Crippen molar-refractivity contribution in [1.29, 1.82) is 0 Å². The van der Waals surface area contributed by atoms with Gasteiger partial charge in [0, 0.05) is 19.6 Å². The van der Waals surface area contributed by atoms with Gasteiger partial charge in [0.1, 0.15) is 17.3 Å². The van der Waals surface area contributed by atoms with Crippen LogP contribution in [-0.4, -0.2) is 46.2 Å². The molecule has 6 nitrogen and oxygen atoms in total. The van der Waals surface area contributed by atoms with Crippen molar-refractivity contribution in [3.05, 3.63) is 53.7 Å². The predicted octanol–water partition coefficient (Wildman–Crippen LogP) is 2.08. The third-order valence-electron chi connectivity index (χ3n) is 4.17. The SMILES string of the molecule is Cc1ccc(C(CNS(=O)(=O)c2ccc(F)cc2)N2CCOCC2)o1. The van der Waals surface area contributed by atoms with Gasteiger partial charge in [0.15, 0.2) is 0 Å². The maximum atomic E-state index is 13.0. The summed E-state index contributed by atoms with van der Waals surface area (Å²) >= 11 is 0. The van der Waals surface area contributed by atoms with Crippen molar-refractivity contribution in [3.63, 3.8) is 0 Å². The van der Waals surface area contributed by atoms with Gasteiger partial charge in [-0.1, -0.05) is 0 Å². The Morgan fingerprint density at radius 1 is 1.16 bits per heavy atom. The van der Waals surface area contributed by atoms with Crippen molar-refractivity contribution in [2.75, 3.05) is 32.8 Å². The van der Waals surface area contributed by atoms with E-state index in [-0.39, 0.29) is 17.5 Å². The Hall–Kier alpha value is -1.74. The van der Waals surface area contributed by atoms with E-state index in [9.17, 15) is 12.8 Å². The van der Waals surface area contributed by atoms with Gasteiger partial charge in [-0.25, -0.2) is 17.5 Å². The molecule has 0 bridgehead atoms. The van der Waals surface area contributed by atoms with E-state index in [0.29, 0.717) is 32.1 Å². The zero-order valence-corrected chi connectivity index (χ0v) is 14.8. The zero-order chi connectivity index (χ0) is 17.9. The number of ether oxygens (including phenoxy) is 1. The molecule has 136 valence electrons. The molecule has 2 heterocycles. The number of nitrogens with zero attached hydrogens (tertiary/aromatic N) is 1. The van der Waals surface area contributed by atoms with E-state index in [2.05, 4.69) is 9.62 Å². The second kappa shape index (κ2) is 7.65. The molecule has 1 aromatic carbocycles. The van der Waals surface area contributed by atoms with Crippen molar-refractivity contribution in [2.24, 2.45) is 0 Å². The van der Waals surface area contributed by atoms with Crippen LogP contribution in [0.4, 0.5) is 4.39 Å². The fourth-order valence-electron chi connectivity index (χ4n) is 2.82. The molecule has 0 aliphatic carbocycles. The molecule has 1 saturated heterocycles. The Labute approximate surface area is 146 Å². The number of hydrogen-bond acceptors (Lipinski definition) is 5. The largest absolute Gasteiger partial charge is 0.465 e. The fraction of sp³-hybridized carbons (Fsp3) is 0.412. The maximum absolute atomic E-state index is 13.0. The molecule has 1 aliphatic heterocycles. The summed E-state index contributed by atoms with van der Waals surface area (Å²) < 4.78 is 51.6. The number of nitrogens with one attached hydrogen (secondary N) is 1. The van der Waals surface area contributed by atoms with Gasteiger partial charge in [-0.15, -0.1) is 0 Å². The normalized spacial score (nSPS) is 17.5. The van der Waals surface area contributed by atoms with E-state index in [0.717, 1.165) is 17.9 Å². The lowest BCUT2D eigenvalue weighted by molar-refractivity contribution is 0.0127. The molecule has 8 heteroatoms. The van der Waals surface area contributed by atoms with Gasteiger partial charge in [-0.05, 0) is 43.3 Å². The summed E-state index contributed by atoms with van der Waals surface area (Å²) in [4.78, 5) is 2.17.